The fourth-order valence-corrected chi connectivity index (χ4v) is 2.55. The van der Waals surface area contributed by atoms with Crippen LogP contribution in [0.5, 0.6) is 0 Å². The highest BCUT2D eigenvalue weighted by molar-refractivity contribution is 6.02. The molecule has 0 saturated carbocycles. The Bertz CT molecular complexity index is 847. The highest BCUT2D eigenvalue weighted by atomic mass is 16.1. The molecule has 0 spiro atoms. The summed E-state index contributed by atoms with van der Waals surface area (Å²) in [4.78, 5) is 20.9. The molecule has 0 aliphatic heterocycles. The zero-order valence-corrected chi connectivity index (χ0v) is 14.8. The van der Waals surface area contributed by atoms with Crippen LogP contribution in [0.3, 0.4) is 0 Å². The maximum Gasteiger partial charge on any atom is 0.274 e. The zero-order valence-electron chi connectivity index (χ0n) is 14.8. The van der Waals surface area contributed by atoms with Gasteiger partial charge in [0.05, 0.1) is 0 Å². The van der Waals surface area contributed by atoms with E-state index >= 15 is 0 Å². The van der Waals surface area contributed by atoms with Crippen LogP contribution in [0.2, 0.25) is 0 Å². The van der Waals surface area contributed by atoms with Crippen LogP contribution in [0, 0.1) is 0 Å². The molecule has 0 fully saturated rings. The van der Waals surface area contributed by atoms with E-state index in [1.807, 2.05) is 42.5 Å². The van der Waals surface area contributed by atoms with Crippen LogP contribution in [0.1, 0.15) is 28.5 Å². The smallest absolute Gasteiger partial charge is 0.274 e. The minimum atomic E-state index is -0.247. The van der Waals surface area contributed by atoms with Crippen LogP contribution in [0.15, 0.2) is 66.9 Å². The molecule has 0 aliphatic carbocycles. The van der Waals surface area contributed by atoms with E-state index in [1.165, 1.54) is 11.1 Å². The van der Waals surface area contributed by atoms with Crippen molar-refractivity contribution in [3.8, 4) is 0 Å². The van der Waals surface area contributed by atoms with Gasteiger partial charge in [0.2, 0.25) is 5.95 Å². The first kappa shape index (κ1) is 17.6. The van der Waals surface area contributed by atoms with E-state index in [0.29, 0.717) is 18.2 Å². The lowest BCUT2D eigenvalue weighted by molar-refractivity contribution is 0.102. The Hall–Kier alpha value is -3.21. The molecule has 5 heteroatoms. The Kier molecular flexibility index (Phi) is 5.93. The quantitative estimate of drug-likeness (QED) is 0.680. The van der Waals surface area contributed by atoms with Crippen molar-refractivity contribution in [3.05, 3.63) is 83.7 Å². The third-order valence-corrected chi connectivity index (χ3v) is 4.05. The first-order valence-electron chi connectivity index (χ1n) is 8.75. The molecule has 0 unspecified atom stereocenters. The molecule has 0 saturated heterocycles. The van der Waals surface area contributed by atoms with Crippen molar-refractivity contribution in [2.75, 3.05) is 17.2 Å². The molecular formula is C21H22N4O. The van der Waals surface area contributed by atoms with Crippen LogP contribution in [-0.4, -0.2) is 22.4 Å². The number of carbonyl (C=O) groups excluding carboxylic acids is 1. The number of nitrogens with one attached hydrogen (secondary N) is 2. The summed E-state index contributed by atoms with van der Waals surface area (Å²) in [6.07, 6.45) is 3.43. The molecule has 3 rings (SSSR count). The predicted molar refractivity (Wildman–Crippen MR) is 104 cm³/mol. The van der Waals surface area contributed by atoms with E-state index in [-0.39, 0.29) is 5.91 Å². The average molecular weight is 346 g/mol. The zero-order chi connectivity index (χ0) is 18.2. The molecule has 1 aromatic heterocycles. The van der Waals surface area contributed by atoms with Crippen molar-refractivity contribution in [2.45, 2.75) is 19.8 Å². The van der Waals surface area contributed by atoms with E-state index in [9.17, 15) is 4.79 Å². The lowest BCUT2D eigenvalue weighted by atomic mass is 10.1. The largest absolute Gasteiger partial charge is 0.354 e. The van der Waals surface area contributed by atoms with Gasteiger partial charge in [-0.2, -0.15) is 0 Å². The van der Waals surface area contributed by atoms with E-state index in [0.717, 1.165) is 18.5 Å². The van der Waals surface area contributed by atoms with Gasteiger partial charge in [-0.25, -0.2) is 9.97 Å². The summed E-state index contributed by atoms with van der Waals surface area (Å²) in [7, 11) is 0. The Labute approximate surface area is 153 Å². The van der Waals surface area contributed by atoms with E-state index in [2.05, 4.69) is 39.7 Å². The second kappa shape index (κ2) is 8.76. The predicted octanol–water partition coefficient (Wildman–Crippen LogP) is 3.95. The number of hydrogen-bond acceptors (Lipinski definition) is 4. The summed E-state index contributed by atoms with van der Waals surface area (Å²) in [5, 5.41) is 6.03. The summed E-state index contributed by atoms with van der Waals surface area (Å²) < 4.78 is 0. The van der Waals surface area contributed by atoms with Crippen molar-refractivity contribution >= 4 is 17.5 Å². The van der Waals surface area contributed by atoms with Gasteiger partial charge < -0.3 is 10.6 Å². The van der Waals surface area contributed by atoms with Crippen LogP contribution in [0.25, 0.3) is 0 Å². The van der Waals surface area contributed by atoms with Gasteiger partial charge in [0.15, 0.2) is 0 Å². The normalized spacial score (nSPS) is 10.3. The molecular weight excluding hydrogens is 324 g/mol. The number of nitrogens with zero attached hydrogens (tertiary/aromatic N) is 2. The molecule has 0 radical (unpaired) electrons. The van der Waals surface area contributed by atoms with E-state index in [1.54, 1.807) is 12.3 Å². The SMILES string of the molecule is CCc1ccc(NC(=O)c2ccnc(NCCc3ccccc3)n2)cc1. The molecule has 1 heterocycles. The average Bonchev–Trinajstić information content (AvgIpc) is 2.69. The molecule has 3 aromatic rings. The minimum absolute atomic E-state index is 0.247. The molecule has 5 nitrogen and oxygen atoms in total. The van der Waals surface area contributed by atoms with E-state index < -0.39 is 0 Å². The fourth-order valence-electron chi connectivity index (χ4n) is 2.55. The lowest BCUT2D eigenvalue weighted by Crippen LogP contribution is -2.16. The van der Waals surface area contributed by atoms with Gasteiger partial charge in [-0.15, -0.1) is 0 Å². The summed E-state index contributed by atoms with van der Waals surface area (Å²) in [5.41, 5.74) is 3.56. The number of carbonyl (C=O) groups is 1. The van der Waals surface area contributed by atoms with Crippen LogP contribution >= 0.6 is 0 Å². The molecule has 0 aliphatic rings. The third-order valence-electron chi connectivity index (χ3n) is 4.05. The number of aryl methyl sites for hydroxylation is 1. The second-order valence-corrected chi connectivity index (χ2v) is 5.93. The molecule has 2 N–H and O–H groups in total. The Morgan fingerprint density at radius 1 is 0.962 bits per heavy atom. The van der Waals surface area contributed by atoms with Gasteiger partial charge in [0.25, 0.3) is 5.91 Å². The van der Waals surface area contributed by atoms with Crippen LogP contribution in [0.4, 0.5) is 11.6 Å². The topological polar surface area (TPSA) is 66.9 Å². The van der Waals surface area contributed by atoms with Crippen molar-refractivity contribution in [2.24, 2.45) is 0 Å². The highest BCUT2D eigenvalue weighted by Crippen LogP contribution is 2.11. The molecule has 0 bridgehead atoms. The number of amides is 1. The van der Waals surface area contributed by atoms with Crippen molar-refractivity contribution in [1.82, 2.24) is 9.97 Å². The summed E-state index contributed by atoms with van der Waals surface area (Å²) in [6, 6.07) is 19.6. The lowest BCUT2D eigenvalue weighted by Gasteiger charge is -2.08. The Morgan fingerprint density at radius 2 is 1.73 bits per heavy atom. The number of benzene rings is 2. The van der Waals surface area contributed by atoms with Crippen LogP contribution in [-0.2, 0) is 12.8 Å². The van der Waals surface area contributed by atoms with Gasteiger partial charge in [-0.05, 0) is 42.2 Å². The maximum absolute atomic E-state index is 12.4. The standard InChI is InChI=1S/C21H22N4O/c1-2-16-8-10-18(11-9-16)24-20(26)19-13-15-23-21(25-19)22-14-12-17-6-4-3-5-7-17/h3-11,13,15H,2,12,14H2,1H3,(H,24,26)(H,22,23,25). The molecule has 1 amide bonds. The minimum Gasteiger partial charge on any atom is -0.354 e. The van der Waals surface area contributed by atoms with Gasteiger partial charge in [0, 0.05) is 18.4 Å². The second-order valence-electron chi connectivity index (χ2n) is 5.93. The molecule has 0 atom stereocenters. The number of rotatable bonds is 7. The van der Waals surface area contributed by atoms with Crippen molar-refractivity contribution in [1.29, 1.82) is 0 Å². The summed E-state index contributed by atoms with van der Waals surface area (Å²) >= 11 is 0. The Morgan fingerprint density at radius 3 is 2.46 bits per heavy atom. The van der Waals surface area contributed by atoms with Gasteiger partial charge in [-0.3, -0.25) is 4.79 Å². The third kappa shape index (κ3) is 4.89. The number of anilines is 2. The fraction of sp³-hybridized carbons (Fsp3) is 0.190. The first-order valence-corrected chi connectivity index (χ1v) is 8.75. The highest BCUT2D eigenvalue weighted by Gasteiger charge is 2.09. The maximum atomic E-state index is 12.4. The van der Waals surface area contributed by atoms with Crippen molar-refractivity contribution in [3.63, 3.8) is 0 Å². The molecule has 2 aromatic carbocycles. The van der Waals surface area contributed by atoms with Crippen molar-refractivity contribution < 1.29 is 4.79 Å². The Balaban J connectivity index is 1.57. The monoisotopic (exact) mass is 346 g/mol. The molecule has 132 valence electrons. The van der Waals surface area contributed by atoms with Gasteiger partial charge >= 0.3 is 0 Å². The van der Waals surface area contributed by atoms with Gasteiger partial charge in [0.1, 0.15) is 5.69 Å². The number of hydrogen-bond donors (Lipinski definition) is 2. The number of aromatic nitrogens is 2. The van der Waals surface area contributed by atoms with Gasteiger partial charge in [-0.1, -0.05) is 49.4 Å². The summed E-state index contributed by atoms with van der Waals surface area (Å²) in [5.74, 6) is 0.206. The van der Waals surface area contributed by atoms with Crippen LogP contribution < -0.4 is 10.6 Å². The summed E-state index contributed by atoms with van der Waals surface area (Å²) in [6.45, 7) is 2.80. The van der Waals surface area contributed by atoms with E-state index in [4.69, 9.17) is 0 Å². The molecule has 26 heavy (non-hydrogen) atoms. The first-order chi connectivity index (χ1) is 12.7.